The summed E-state index contributed by atoms with van der Waals surface area (Å²) in [5, 5.41) is 111. The van der Waals surface area contributed by atoms with E-state index in [1.165, 1.54) is 0 Å². The van der Waals surface area contributed by atoms with Crippen LogP contribution in [0.5, 0.6) is 0 Å². The minimum atomic E-state index is -3.04. The molecule has 3 heterocycles. The van der Waals surface area contributed by atoms with Crippen molar-refractivity contribution in [2.24, 2.45) is 0 Å². The summed E-state index contributed by atoms with van der Waals surface area (Å²) in [6.07, 6.45) is -23.3. The van der Waals surface area contributed by atoms with E-state index in [9.17, 15) is 70.2 Å². The van der Waals surface area contributed by atoms with E-state index in [4.69, 9.17) is 23.7 Å². The van der Waals surface area contributed by atoms with Gasteiger partial charge >= 0.3 is 5.97 Å². The molecule has 3 amide bonds. The third kappa shape index (κ3) is 9.17. The number of aliphatic hydroxyl groups is 9. The number of rotatable bonds is 13. The highest BCUT2D eigenvalue weighted by molar-refractivity contribution is 5.77. The van der Waals surface area contributed by atoms with Gasteiger partial charge in [0.15, 0.2) is 12.6 Å². The molecule has 0 saturated carbocycles. The van der Waals surface area contributed by atoms with Crippen LogP contribution in [0.15, 0.2) is 0 Å². The lowest BCUT2D eigenvalue weighted by atomic mass is 9.88. The van der Waals surface area contributed by atoms with Crippen LogP contribution >= 0.6 is 0 Å². The molecule has 16 atom stereocenters. The Morgan fingerprint density at radius 2 is 1.35 bits per heavy atom. The van der Waals surface area contributed by atoms with Crippen LogP contribution in [-0.4, -0.2) is 192 Å². The molecule has 49 heavy (non-hydrogen) atoms. The number of carboxylic acid groups (broad SMARTS) is 1. The SMILES string of the molecule is CC(=O)N[C@@H]1[C@@H](O)[C@H](O[C@@H]2O[C@H](CO)[C@H](O)[C@H](O[C@]3(C(=O)O)C[C@H](O)[C@@H](NC(C)=O)[C@H]([C@H](O)[C@H](O)CO)O3)[C@H]2NC(C)=O)[C@@H](CO)O[C@H]1O. The number of ether oxygens (including phenoxy) is 5. The van der Waals surface area contributed by atoms with Gasteiger partial charge in [-0.25, -0.2) is 4.79 Å². The number of carbonyl (C=O) groups excluding carboxylic acids is 3. The van der Waals surface area contributed by atoms with E-state index in [1.807, 2.05) is 0 Å². The minimum absolute atomic E-state index is 0.695. The van der Waals surface area contributed by atoms with Crippen LogP contribution in [-0.2, 0) is 42.9 Å². The number of carbonyl (C=O) groups is 4. The molecule has 282 valence electrons. The second kappa shape index (κ2) is 17.0. The first-order chi connectivity index (χ1) is 22.9. The summed E-state index contributed by atoms with van der Waals surface area (Å²) in [5.74, 6) is -7.30. The van der Waals surface area contributed by atoms with Crippen molar-refractivity contribution in [3.63, 3.8) is 0 Å². The van der Waals surface area contributed by atoms with Crippen LogP contribution in [0.2, 0.25) is 0 Å². The highest BCUT2D eigenvalue weighted by Crippen LogP contribution is 2.38. The molecule has 3 aliphatic rings. The van der Waals surface area contributed by atoms with Gasteiger partial charge in [0.2, 0.25) is 17.7 Å². The van der Waals surface area contributed by atoms with Gasteiger partial charge in [0.05, 0.1) is 32.0 Å². The lowest BCUT2D eigenvalue weighted by Gasteiger charge is -2.51. The molecule has 0 aromatic rings. The van der Waals surface area contributed by atoms with Crippen LogP contribution in [0.1, 0.15) is 27.2 Å². The Morgan fingerprint density at radius 1 is 0.796 bits per heavy atom. The molecule has 22 nitrogen and oxygen atoms in total. The Labute approximate surface area is 278 Å². The third-order valence-electron chi connectivity index (χ3n) is 8.27. The Kier molecular flexibility index (Phi) is 14.2. The monoisotopic (exact) mass is 715 g/mol. The molecule has 0 spiro atoms. The van der Waals surface area contributed by atoms with Gasteiger partial charge in [0.25, 0.3) is 5.79 Å². The maximum atomic E-state index is 12.8. The maximum absolute atomic E-state index is 12.8. The zero-order chi connectivity index (χ0) is 37.0. The summed E-state index contributed by atoms with van der Waals surface area (Å²) in [6.45, 7) is 0.208. The van der Waals surface area contributed by atoms with Crippen molar-refractivity contribution < 1.29 is 93.9 Å². The molecule has 0 unspecified atom stereocenters. The van der Waals surface area contributed by atoms with Gasteiger partial charge in [-0.1, -0.05) is 0 Å². The van der Waals surface area contributed by atoms with Gasteiger partial charge < -0.3 is 90.7 Å². The molecule has 0 radical (unpaired) electrons. The Balaban J connectivity index is 2.06. The molecule has 3 saturated heterocycles. The number of hydrogen-bond acceptors (Lipinski definition) is 18. The molecular formula is C27H45N3O19. The molecule has 0 aliphatic carbocycles. The van der Waals surface area contributed by atoms with Crippen LogP contribution in [0.3, 0.4) is 0 Å². The van der Waals surface area contributed by atoms with E-state index in [-0.39, 0.29) is 0 Å². The number of aliphatic carboxylic acids is 1. The number of amides is 3. The molecule has 13 N–H and O–H groups in total. The van der Waals surface area contributed by atoms with Gasteiger partial charge in [0.1, 0.15) is 67.0 Å². The van der Waals surface area contributed by atoms with E-state index in [2.05, 4.69) is 16.0 Å². The topological polar surface area (TPSA) is 353 Å². The first-order valence-corrected chi connectivity index (χ1v) is 15.2. The van der Waals surface area contributed by atoms with E-state index < -0.39 is 147 Å². The van der Waals surface area contributed by atoms with Crippen molar-refractivity contribution in [1.82, 2.24) is 16.0 Å². The lowest BCUT2D eigenvalue weighted by molar-refractivity contribution is -0.366. The molecule has 22 heteroatoms. The highest BCUT2D eigenvalue weighted by atomic mass is 16.8. The summed E-state index contributed by atoms with van der Waals surface area (Å²) in [4.78, 5) is 48.8. The summed E-state index contributed by atoms with van der Waals surface area (Å²) >= 11 is 0. The fraction of sp³-hybridized carbons (Fsp3) is 0.852. The van der Waals surface area contributed by atoms with Crippen molar-refractivity contribution in [1.29, 1.82) is 0 Å². The van der Waals surface area contributed by atoms with E-state index >= 15 is 0 Å². The quantitative estimate of drug-likeness (QED) is 0.0842. The fourth-order valence-electron chi connectivity index (χ4n) is 5.98. The zero-order valence-electron chi connectivity index (χ0n) is 26.6. The summed E-state index contributed by atoms with van der Waals surface area (Å²) in [7, 11) is 0. The first kappa shape index (κ1) is 40.7. The molecule has 3 aliphatic heterocycles. The molecular weight excluding hydrogens is 670 g/mol. The van der Waals surface area contributed by atoms with Gasteiger partial charge in [-0.2, -0.15) is 0 Å². The number of aliphatic hydroxyl groups excluding tert-OH is 9. The molecule has 0 aromatic carbocycles. The van der Waals surface area contributed by atoms with Crippen LogP contribution in [0, 0.1) is 0 Å². The largest absolute Gasteiger partial charge is 0.477 e. The van der Waals surface area contributed by atoms with Gasteiger partial charge in [0, 0.05) is 27.2 Å². The van der Waals surface area contributed by atoms with Gasteiger partial charge in [-0.15, -0.1) is 0 Å². The number of carboxylic acids is 1. The minimum Gasteiger partial charge on any atom is -0.477 e. The fourth-order valence-corrected chi connectivity index (χ4v) is 5.98. The standard InChI is InChI=1S/C27H45N3O19/c1-8(34)28-15-11(37)4-27(26(43)44,48-22(15)18(39)12(38)5-31)49-23-17(30-10(3)36)25(46-13(6-32)19(23)40)47-21-14(7-33)45-24(42)16(20(21)41)29-9(2)35/h11-25,31-33,37-42H,4-7H2,1-3H3,(H,28,34)(H,29,35)(H,30,36)(H,43,44)/t11-,12+,13+,14+,15+,16+,17+,18+,19-,20+,21+,22+,23+,24+,25-,27-/m0/s1. The van der Waals surface area contributed by atoms with Crippen molar-refractivity contribution >= 4 is 23.7 Å². The summed E-state index contributed by atoms with van der Waals surface area (Å²) in [6, 6.07) is -4.84. The van der Waals surface area contributed by atoms with Crippen molar-refractivity contribution in [2.75, 3.05) is 19.8 Å². The average molecular weight is 716 g/mol. The Morgan fingerprint density at radius 3 is 1.86 bits per heavy atom. The Bertz CT molecular complexity index is 1170. The van der Waals surface area contributed by atoms with Crippen LogP contribution in [0.25, 0.3) is 0 Å². The smallest absolute Gasteiger partial charge is 0.364 e. The second-order valence-electron chi connectivity index (χ2n) is 12.0. The Hall–Kier alpha value is -2.68. The van der Waals surface area contributed by atoms with Crippen molar-refractivity contribution in [3.8, 4) is 0 Å². The van der Waals surface area contributed by atoms with Crippen molar-refractivity contribution in [2.45, 2.75) is 125 Å². The maximum Gasteiger partial charge on any atom is 0.364 e. The first-order valence-electron chi connectivity index (χ1n) is 15.2. The normalized spacial score (nSPS) is 40.9. The molecule has 0 bridgehead atoms. The van der Waals surface area contributed by atoms with Gasteiger partial charge in [-0.3, -0.25) is 14.4 Å². The summed E-state index contributed by atoms with van der Waals surface area (Å²) < 4.78 is 28.3. The van der Waals surface area contributed by atoms with Gasteiger partial charge in [-0.05, 0) is 0 Å². The molecule has 0 aromatic heterocycles. The van der Waals surface area contributed by atoms with E-state index in [0.29, 0.717) is 0 Å². The zero-order valence-corrected chi connectivity index (χ0v) is 26.6. The number of nitrogens with one attached hydrogen (secondary N) is 3. The third-order valence-corrected chi connectivity index (χ3v) is 8.27. The average Bonchev–Trinajstić information content (AvgIpc) is 3.02. The van der Waals surface area contributed by atoms with Crippen LogP contribution in [0.4, 0.5) is 0 Å². The van der Waals surface area contributed by atoms with E-state index in [0.717, 1.165) is 20.8 Å². The van der Waals surface area contributed by atoms with Crippen LogP contribution < -0.4 is 16.0 Å². The molecule has 3 rings (SSSR count). The second-order valence-corrected chi connectivity index (χ2v) is 12.0. The predicted molar refractivity (Wildman–Crippen MR) is 153 cm³/mol. The summed E-state index contributed by atoms with van der Waals surface area (Å²) in [5.41, 5.74) is 0. The molecule has 3 fully saturated rings. The lowest BCUT2D eigenvalue weighted by Crippen LogP contribution is -2.72. The number of hydrogen-bond donors (Lipinski definition) is 13. The van der Waals surface area contributed by atoms with E-state index in [1.54, 1.807) is 0 Å². The van der Waals surface area contributed by atoms with Crippen molar-refractivity contribution in [3.05, 3.63) is 0 Å². The predicted octanol–water partition coefficient (Wildman–Crippen LogP) is -7.94. The highest BCUT2D eigenvalue weighted by Gasteiger charge is 2.60.